The molecule has 0 aliphatic heterocycles. The van der Waals surface area contributed by atoms with Crippen molar-refractivity contribution in [2.75, 3.05) is 0 Å². The van der Waals surface area contributed by atoms with Gasteiger partial charge in [0.2, 0.25) is 5.92 Å². The van der Waals surface area contributed by atoms with Crippen LogP contribution in [-0.2, 0) is 11.8 Å². The van der Waals surface area contributed by atoms with E-state index in [1.807, 2.05) is 0 Å². The van der Waals surface area contributed by atoms with Crippen LogP contribution in [-0.4, -0.2) is 33.0 Å². The number of carboxylic acid groups (broad SMARTS) is 1. The molecule has 0 unspecified atom stereocenters. The fraction of sp³-hybridized carbons (Fsp3) is 0.571. The number of carboxylic acids is 1. The van der Waals surface area contributed by atoms with Gasteiger partial charge >= 0.3 is 5.97 Å². The van der Waals surface area contributed by atoms with Gasteiger partial charge in [-0.3, -0.25) is 4.79 Å². The van der Waals surface area contributed by atoms with Crippen molar-refractivity contribution in [3.05, 3.63) is 24.0 Å². The maximum Gasteiger partial charge on any atom is 0.329 e. The predicted octanol–water partition coefficient (Wildman–Crippen LogP) is 1.79. The van der Waals surface area contributed by atoms with E-state index in [1.165, 1.54) is 0 Å². The van der Waals surface area contributed by atoms with Gasteiger partial charge in [0, 0.05) is 26.1 Å². The molecule has 5 nitrogen and oxygen atoms in total. The van der Waals surface area contributed by atoms with Gasteiger partial charge in [-0.25, -0.2) is 13.6 Å². The Labute approximate surface area is 119 Å². The van der Waals surface area contributed by atoms with Gasteiger partial charge in [0.05, 0.1) is 0 Å². The highest BCUT2D eigenvalue weighted by atomic mass is 19.3. The summed E-state index contributed by atoms with van der Waals surface area (Å²) in [6.07, 6.45) is 1.25. The second kappa shape index (κ2) is 4.05. The van der Waals surface area contributed by atoms with E-state index in [0.717, 1.165) is 0 Å². The van der Waals surface area contributed by atoms with Crippen molar-refractivity contribution < 1.29 is 23.5 Å². The van der Waals surface area contributed by atoms with Crippen molar-refractivity contribution in [1.29, 1.82) is 0 Å². The standard InChI is InChI=1S/C14H16F2N2O3/c1-18-4-2-3-9(18)10(19)17-13(11(20)21)5-12(6-13)7-14(15,16)8-12/h2-4H,5-8H2,1H3,(H,17,19)(H,20,21). The summed E-state index contributed by atoms with van der Waals surface area (Å²) in [4.78, 5) is 23.6. The molecule has 3 rings (SSSR count). The van der Waals surface area contributed by atoms with Crippen LogP contribution in [0.3, 0.4) is 0 Å². The van der Waals surface area contributed by atoms with E-state index in [1.54, 1.807) is 29.9 Å². The first-order chi connectivity index (χ1) is 9.67. The molecule has 1 aromatic heterocycles. The number of amides is 1. The molecule has 2 aliphatic rings. The molecule has 1 amide bonds. The number of rotatable bonds is 3. The third-order valence-electron chi connectivity index (χ3n) is 4.56. The first-order valence-electron chi connectivity index (χ1n) is 6.72. The van der Waals surface area contributed by atoms with Crippen LogP contribution < -0.4 is 5.32 Å². The van der Waals surface area contributed by atoms with Crippen LogP contribution in [0.15, 0.2) is 18.3 Å². The molecule has 0 radical (unpaired) electrons. The Balaban J connectivity index is 1.72. The zero-order valence-electron chi connectivity index (χ0n) is 11.5. The van der Waals surface area contributed by atoms with Gasteiger partial charge in [0.25, 0.3) is 5.91 Å². The molecule has 2 saturated carbocycles. The Bertz CT molecular complexity index is 607. The van der Waals surface area contributed by atoms with E-state index in [-0.39, 0.29) is 25.7 Å². The van der Waals surface area contributed by atoms with Gasteiger partial charge in [0.1, 0.15) is 11.2 Å². The number of hydrogen-bond donors (Lipinski definition) is 2. The van der Waals surface area contributed by atoms with Crippen LogP contribution in [0.25, 0.3) is 0 Å². The summed E-state index contributed by atoms with van der Waals surface area (Å²) in [5.74, 6) is -4.34. The van der Waals surface area contributed by atoms with Gasteiger partial charge in [-0.15, -0.1) is 0 Å². The highest BCUT2D eigenvalue weighted by Crippen LogP contribution is 2.65. The number of carbonyl (C=O) groups excluding carboxylic acids is 1. The second-order valence-electron chi connectivity index (χ2n) is 6.41. The number of alkyl halides is 2. The topological polar surface area (TPSA) is 71.3 Å². The van der Waals surface area contributed by atoms with Crippen molar-refractivity contribution in [3.63, 3.8) is 0 Å². The number of nitrogens with zero attached hydrogens (tertiary/aromatic N) is 1. The van der Waals surface area contributed by atoms with Gasteiger partial charge < -0.3 is 15.0 Å². The molecule has 2 fully saturated rings. The molecule has 0 bridgehead atoms. The van der Waals surface area contributed by atoms with Crippen LogP contribution in [0.1, 0.15) is 36.2 Å². The molecular formula is C14H16F2N2O3. The highest BCUT2D eigenvalue weighted by molar-refractivity contribution is 5.97. The van der Waals surface area contributed by atoms with Crippen molar-refractivity contribution in [1.82, 2.24) is 9.88 Å². The normalized spacial score (nSPS) is 24.0. The number of halogens is 2. The molecule has 0 aromatic carbocycles. The summed E-state index contributed by atoms with van der Waals surface area (Å²) in [6.45, 7) is 0. The molecule has 114 valence electrons. The summed E-state index contributed by atoms with van der Waals surface area (Å²) in [6, 6.07) is 3.26. The van der Waals surface area contributed by atoms with Crippen molar-refractivity contribution in [2.45, 2.75) is 37.1 Å². The average Bonchev–Trinajstić information content (AvgIpc) is 2.69. The summed E-state index contributed by atoms with van der Waals surface area (Å²) in [5, 5.41) is 11.9. The highest BCUT2D eigenvalue weighted by Gasteiger charge is 2.69. The van der Waals surface area contributed by atoms with Gasteiger partial charge in [-0.2, -0.15) is 0 Å². The lowest BCUT2D eigenvalue weighted by molar-refractivity contribution is -0.220. The van der Waals surface area contributed by atoms with E-state index in [2.05, 4.69) is 5.32 Å². The van der Waals surface area contributed by atoms with Crippen molar-refractivity contribution >= 4 is 11.9 Å². The zero-order chi connectivity index (χ0) is 15.5. The van der Waals surface area contributed by atoms with Gasteiger partial charge in [-0.05, 0) is 30.4 Å². The minimum absolute atomic E-state index is 0.0705. The lowest BCUT2D eigenvalue weighted by Gasteiger charge is -2.61. The maximum absolute atomic E-state index is 13.0. The van der Waals surface area contributed by atoms with E-state index < -0.39 is 28.8 Å². The summed E-state index contributed by atoms with van der Waals surface area (Å²) < 4.78 is 27.6. The fourth-order valence-corrected chi connectivity index (χ4v) is 3.80. The third-order valence-corrected chi connectivity index (χ3v) is 4.56. The number of carbonyl (C=O) groups is 2. The smallest absolute Gasteiger partial charge is 0.329 e. The molecule has 1 heterocycles. The number of hydrogen-bond acceptors (Lipinski definition) is 2. The number of aliphatic carboxylic acids is 1. The Kier molecular flexibility index (Phi) is 2.71. The Morgan fingerprint density at radius 1 is 1.29 bits per heavy atom. The average molecular weight is 298 g/mol. The monoisotopic (exact) mass is 298 g/mol. The largest absolute Gasteiger partial charge is 0.480 e. The first-order valence-corrected chi connectivity index (χ1v) is 6.72. The molecule has 1 spiro atoms. The lowest BCUT2D eigenvalue weighted by Crippen LogP contribution is -2.71. The van der Waals surface area contributed by atoms with Crippen LogP contribution in [0, 0.1) is 5.41 Å². The third kappa shape index (κ3) is 2.11. The van der Waals surface area contributed by atoms with Crippen LogP contribution in [0.5, 0.6) is 0 Å². The summed E-state index contributed by atoms with van der Waals surface area (Å²) >= 11 is 0. The molecule has 1 aromatic rings. The predicted molar refractivity (Wildman–Crippen MR) is 69.1 cm³/mol. The molecule has 0 atom stereocenters. The fourth-order valence-electron chi connectivity index (χ4n) is 3.80. The SMILES string of the molecule is Cn1cccc1C(=O)NC1(C(=O)O)CC2(CC(F)(F)C2)C1. The summed E-state index contributed by atoms with van der Waals surface area (Å²) in [7, 11) is 1.68. The first kappa shape index (κ1) is 14.0. The van der Waals surface area contributed by atoms with Crippen molar-refractivity contribution in [2.24, 2.45) is 12.5 Å². The number of nitrogens with one attached hydrogen (secondary N) is 1. The minimum Gasteiger partial charge on any atom is -0.480 e. The van der Waals surface area contributed by atoms with Crippen LogP contribution >= 0.6 is 0 Å². The van der Waals surface area contributed by atoms with Crippen molar-refractivity contribution in [3.8, 4) is 0 Å². The second-order valence-corrected chi connectivity index (χ2v) is 6.41. The number of aryl methyl sites for hydroxylation is 1. The minimum atomic E-state index is -2.69. The quantitative estimate of drug-likeness (QED) is 0.893. The Morgan fingerprint density at radius 2 is 1.90 bits per heavy atom. The molecule has 7 heteroatoms. The van der Waals surface area contributed by atoms with E-state index >= 15 is 0 Å². The molecule has 2 aliphatic carbocycles. The molecular weight excluding hydrogens is 282 g/mol. The van der Waals surface area contributed by atoms with Crippen LogP contribution in [0.4, 0.5) is 8.78 Å². The Morgan fingerprint density at radius 3 is 2.33 bits per heavy atom. The van der Waals surface area contributed by atoms with E-state index in [4.69, 9.17) is 0 Å². The summed E-state index contributed by atoms with van der Waals surface area (Å²) in [5.41, 5.74) is -1.70. The zero-order valence-corrected chi connectivity index (χ0v) is 11.5. The molecule has 2 N–H and O–H groups in total. The van der Waals surface area contributed by atoms with E-state index in [0.29, 0.717) is 5.69 Å². The van der Waals surface area contributed by atoms with Gasteiger partial charge in [-0.1, -0.05) is 0 Å². The number of aromatic nitrogens is 1. The molecule has 0 saturated heterocycles. The Hall–Kier alpha value is -1.92. The molecule has 21 heavy (non-hydrogen) atoms. The van der Waals surface area contributed by atoms with Gasteiger partial charge in [0.15, 0.2) is 0 Å². The van der Waals surface area contributed by atoms with E-state index in [9.17, 15) is 23.5 Å². The van der Waals surface area contributed by atoms with Crippen LogP contribution in [0.2, 0.25) is 0 Å². The maximum atomic E-state index is 13.0. The lowest BCUT2D eigenvalue weighted by atomic mass is 9.47.